The van der Waals surface area contributed by atoms with Crippen molar-refractivity contribution in [3.05, 3.63) is 0 Å². The highest BCUT2D eigenvalue weighted by atomic mass is 16.3. The maximum absolute atomic E-state index is 11.9. The molecule has 5 heteroatoms. The van der Waals surface area contributed by atoms with E-state index in [1.165, 1.54) is 57.8 Å². The van der Waals surface area contributed by atoms with Crippen LogP contribution in [0.4, 0.5) is 0 Å². The van der Waals surface area contributed by atoms with Gasteiger partial charge in [0.05, 0.1) is 18.6 Å². The molecule has 1 unspecified atom stereocenters. The molecule has 0 heterocycles. The molecule has 0 aromatic rings. The van der Waals surface area contributed by atoms with Crippen LogP contribution in [0.15, 0.2) is 0 Å². The zero-order valence-electron chi connectivity index (χ0n) is 17.6. The summed E-state index contributed by atoms with van der Waals surface area (Å²) in [6.07, 6.45) is 14.9. The number of hydrogen-bond donors (Lipinski definition) is 4. The first kappa shape index (κ1) is 26.5. The van der Waals surface area contributed by atoms with Crippen LogP contribution in [0, 0.1) is 5.92 Å². The molecule has 0 aromatic carbocycles. The van der Waals surface area contributed by atoms with E-state index in [1.54, 1.807) is 6.92 Å². The van der Waals surface area contributed by atoms with Gasteiger partial charge in [0, 0.05) is 0 Å². The molecule has 5 N–H and O–H groups in total. The fourth-order valence-corrected chi connectivity index (χ4v) is 3.49. The van der Waals surface area contributed by atoms with Gasteiger partial charge in [0.1, 0.15) is 6.10 Å². The van der Waals surface area contributed by atoms with Crippen molar-refractivity contribution in [3.63, 3.8) is 0 Å². The van der Waals surface area contributed by atoms with Crippen LogP contribution in [-0.4, -0.2) is 46.5 Å². The maximum Gasteiger partial charge on any atom is 0.169 e. The second-order valence-corrected chi connectivity index (χ2v) is 7.86. The summed E-state index contributed by atoms with van der Waals surface area (Å²) in [5.41, 5.74) is 5.48. The third-order valence-electron chi connectivity index (χ3n) is 5.45. The average molecular weight is 388 g/mol. The van der Waals surface area contributed by atoms with Crippen LogP contribution in [0.3, 0.4) is 0 Å². The molecule has 0 saturated heterocycles. The Morgan fingerprint density at radius 3 is 1.56 bits per heavy atom. The van der Waals surface area contributed by atoms with Crippen molar-refractivity contribution in [2.24, 2.45) is 11.7 Å². The Bertz CT molecular complexity index is 338. The van der Waals surface area contributed by atoms with E-state index in [-0.39, 0.29) is 0 Å². The van der Waals surface area contributed by atoms with Crippen LogP contribution < -0.4 is 5.73 Å². The van der Waals surface area contributed by atoms with Crippen LogP contribution in [0.5, 0.6) is 0 Å². The quantitative estimate of drug-likeness (QED) is 0.238. The molecule has 0 saturated carbocycles. The van der Waals surface area contributed by atoms with Crippen molar-refractivity contribution in [3.8, 4) is 0 Å². The molecule has 27 heavy (non-hydrogen) atoms. The molecular weight excluding hydrogens is 342 g/mol. The SMILES string of the molecule is CC[C@H](O)C(=O)C(CO)[C@H](O)CCCCCCCCCCCCCCCN. The van der Waals surface area contributed by atoms with Crippen molar-refractivity contribution in [2.75, 3.05) is 13.2 Å². The van der Waals surface area contributed by atoms with Gasteiger partial charge in [-0.25, -0.2) is 0 Å². The molecular formula is C22H45NO4. The van der Waals surface area contributed by atoms with E-state index in [9.17, 15) is 20.1 Å². The summed E-state index contributed by atoms with van der Waals surface area (Å²) in [6, 6.07) is 0. The fourth-order valence-electron chi connectivity index (χ4n) is 3.49. The molecule has 0 aliphatic heterocycles. The number of ketones is 1. The number of carbonyl (C=O) groups excluding carboxylic acids is 1. The lowest BCUT2D eigenvalue weighted by Gasteiger charge is -2.21. The first-order valence-electron chi connectivity index (χ1n) is 11.3. The van der Waals surface area contributed by atoms with Crippen LogP contribution in [-0.2, 0) is 4.79 Å². The minimum atomic E-state index is -1.08. The Hall–Kier alpha value is -0.490. The highest BCUT2D eigenvalue weighted by Crippen LogP contribution is 2.17. The van der Waals surface area contributed by atoms with Crippen molar-refractivity contribution < 1.29 is 20.1 Å². The zero-order valence-corrected chi connectivity index (χ0v) is 17.6. The Morgan fingerprint density at radius 1 is 0.778 bits per heavy atom. The van der Waals surface area contributed by atoms with Crippen LogP contribution in [0.2, 0.25) is 0 Å². The number of nitrogens with two attached hydrogens (primary N) is 1. The maximum atomic E-state index is 11.9. The number of carbonyl (C=O) groups is 1. The van der Waals surface area contributed by atoms with E-state index in [0.717, 1.165) is 32.2 Å². The summed E-state index contributed by atoms with van der Waals surface area (Å²) in [7, 11) is 0. The van der Waals surface area contributed by atoms with E-state index in [2.05, 4.69) is 0 Å². The molecule has 0 fully saturated rings. The highest BCUT2D eigenvalue weighted by Gasteiger charge is 2.29. The van der Waals surface area contributed by atoms with Gasteiger partial charge in [0.2, 0.25) is 0 Å². The smallest absolute Gasteiger partial charge is 0.169 e. The predicted molar refractivity (Wildman–Crippen MR) is 112 cm³/mol. The van der Waals surface area contributed by atoms with E-state index in [4.69, 9.17) is 5.73 Å². The van der Waals surface area contributed by atoms with Crippen LogP contribution in [0.25, 0.3) is 0 Å². The molecule has 0 rings (SSSR count). The van der Waals surface area contributed by atoms with Crippen molar-refractivity contribution >= 4 is 5.78 Å². The summed E-state index contributed by atoms with van der Waals surface area (Å²) in [6.45, 7) is 2.14. The summed E-state index contributed by atoms with van der Waals surface area (Å²) in [4.78, 5) is 11.9. The molecule has 3 atom stereocenters. The Balaban J connectivity index is 3.51. The number of Topliss-reactive ketones (excluding diaryl/α,β-unsaturated/α-hetero) is 1. The minimum Gasteiger partial charge on any atom is -0.396 e. The summed E-state index contributed by atoms with van der Waals surface area (Å²) < 4.78 is 0. The van der Waals surface area contributed by atoms with Crippen LogP contribution in [0.1, 0.15) is 103 Å². The molecule has 0 spiro atoms. The van der Waals surface area contributed by atoms with Gasteiger partial charge in [-0.2, -0.15) is 0 Å². The van der Waals surface area contributed by atoms with Crippen molar-refractivity contribution in [2.45, 2.75) is 115 Å². The van der Waals surface area contributed by atoms with Crippen molar-refractivity contribution in [1.29, 1.82) is 0 Å². The lowest BCUT2D eigenvalue weighted by Crippen LogP contribution is -2.37. The number of hydrogen-bond acceptors (Lipinski definition) is 5. The summed E-state index contributed by atoms with van der Waals surface area (Å²) in [5, 5.41) is 29.0. The lowest BCUT2D eigenvalue weighted by atomic mass is 9.90. The van der Waals surface area contributed by atoms with Gasteiger partial charge in [-0.15, -0.1) is 0 Å². The minimum absolute atomic E-state index is 0.316. The zero-order chi connectivity index (χ0) is 20.3. The van der Waals surface area contributed by atoms with Gasteiger partial charge < -0.3 is 21.1 Å². The average Bonchev–Trinajstić information content (AvgIpc) is 2.68. The monoisotopic (exact) mass is 387 g/mol. The highest BCUT2D eigenvalue weighted by molar-refractivity contribution is 5.85. The summed E-state index contributed by atoms with van der Waals surface area (Å²) >= 11 is 0. The van der Waals surface area contributed by atoms with E-state index >= 15 is 0 Å². The number of rotatable bonds is 20. The Labute approximate surface area is 166 Å². The lowest BCUT2D eigenvalue weighted by molar-refractivity contribution is -0.137. The molecule has 0 radical (unpaired) electrons. The van der Waals surface area contributed by atoms with E-state index in [0.29, 0.717) is 12.8 Å². The van der Waals surface area contributed by atoms with Crippen molar-refractivity contribution in [1.82, 2.24) is 0 Å². The number of unbranched alkanes of at least 4 members (excludes halogenated alkanes) is 12. The molecule has 0 amide bonds. The third kappa shape index (κ3) is 14.2. The molecule has 162 valence electrons. The van der Waals surface area contributed by atoms with Gasteiger partial charge in [-0.1, -0.05) is 84.0 Å². The van der Waals surface area contributed by atoms with E-state index < -0.39 is 30.5 Å². The summed E-state index contributed by atoms with van der Waals surface area (Å²) in [5.74, 6) is -1.29. The first-order chi connectivity index (χ1) is 13.1. The largest absolute Gasteiger partial charge is 0.396 e. The number of aliphatic hydroxyl groups excluding tert-OH is 3. The molecule has 0 aromatic heterocycles. The van der Waals surface area contributed by atoms with Gasteiger partial charge in [0.15, 0.2) is 5.78 Å². The Morgan fingerprint density at radius 2 is 1.19 bits per heavy atom. The van der Waals surface area contributed by atoms with Gasteiger partial charge >= 0.3 is 0 Å². The Kier molecular flexibility index (Phi) is 18.5. The van der Waals surface area contributed by atoms with E-state index in [1.807, 2.05) is 0 Å². The first-order valence-corrected chi connectivity index (χ1v) is 11.3. The molecule has 0 aliphatic carbocycles. The predicted octanol–water partition coefficient (Wildman–Crippen LogP) is 3.72. The number of aliphatic hydroxyl groups is 3. The van der Waals surface area contributed by atoms with Gasteiger partial charge in [-0.05, 0) is 25.8 Å². The molecule has 0 bridgehead atoms. The molecule has 5 nitrogen and oxygen atoms in total. The fraction of sp³-hybridized carbons (Fsp3) is 0.955. The normalized spacial score (nSPS) is 14.9. The van der Waals surface area contributed by atoms with Crippen LogP contribution >= 0.6 is 0 Å². The second-order valence-electron chi connectivity index (χ2n) is 7.86. The standard InChI is InChI=1S/C22H45NO4/c1-2-20(25)22(27)19(18-24)21(26)16-14-12-10-8-6-4-3-5-7-9-11-13-15-17-23/h19-21,24-26H,2-18,23H2,1H3/t19?,20-,21+/m0/s1. The topological polar surface area (TPSA) is 104 Å². The van der Waals surface area contributed by atoms with Gasteiger partial charge in [-0.3, -0.25) is 4.79 Å². The molecule has 0 aliphatic rings. The second kappa shape index (κ2) is 18.9. The third-order valence-corrected chi connectivity index (χ3v) is 5.45. The van der Waals surface area contributed by atoms with Gasteiger partial charge in [0.25, 0.3) is 0 Å².